The fourth-order valence-electron chi connectivity index (χ4n) is 4.52. The molecule has 0 spiro atoms. The Bertz CT molecular complexity index is 766. The first kappa shape index (κ1) is 24.7. The second-order valence-corrected chi connectivity index (χ2v) is 11.6. The maximum absolute atomic E-state index is 11.9. The van der Waals surface area contributed by atoms with Crippen molar-refractivity contribution in [2.24, 2.45) is 11.8 Å². The maximum Gasteiger partial charge on any atom is 0.410 e. The molecule has 7 nitrogen and oxygen atoms in total. The molecule has 1 saturated heterocycles. The normalized spacial score (nSPS) is 27.3. The van der Waals surface area contributed by atoms with Crippen LogP contribution in [-0.2, 0) is 14.2 Å². The number of halogens is 1. The Morgan fingerprint density at radius 2 is 1.64 bits per heavy atom. The van der Waals surface area contributed by atoms with Crippen molar-refractivity contribution in [3.63, 3.8) is 0 Å². The van der Waals surface area contributed by atoms with Crippen LogP contribution in [0.3, 0.4) is 0 Å². The molecule has 0 atom stereocenters. The van der Waals surface area contributed by atoms with Gasteiger partial charge in [0.15, 0.2) is 0 Å². The van der Waals surface area contributed by atoms with Crippen LogP contribution in [0.1, 0.15) is 59.3 Å². The summed E-state index contributed by atoms with van der Waals surface area (Å²) in [7, 11) is 0. The average Bonchev–Trinajstić information content (AvgIpc) is 2.64. The highest BCUT2D eigenvalue weighted by molar-refractivity contribution is 9.10. The average molecular weight is 525 g/mol. The zero-order chi connectivity index (χ0) is 23.4. The Balaban J connectivity index is 0.958. The van der Waals surface area contributed by atoms with E-state index < -0.39 is 5.60 Å². The number of aromatic nitrogens is 1. The maximum atomic E-state index is 11.9. The monoisotopic (exact) mass is 524 g/mol. The van der Waals surface area contributed by atoms with Gasteiger partial charge in [0.2, 0.25) is 5.88 Å². The van der Waals surface area contributed by atoms with Crippen molar-refractivity contribution in [3.05, 3.63) is 22.8 Å². The largest absolute Gasteiger partial charge is 0.474 e. The number of ether oxygens (including phenoxy) is 4. The highest BCUT2D eigenvalue weighted by atomic mass is 79.9. The molecule has 4 rings (SSSR count). The molecule has 2 aliphatic carbocycles. The quantitative estimate of drug-likeness (QED) is 0.418. The van der Waals surface area contributed by atoms with E-state index in [1.165, 1.54) is 12.8 Å². The van der Waals surface area contributed by atoms with Crippen LogP contribution in [0.15, 0.2) is 22.8 Å². The van der Waals surface area contributed by atoms with E-state index in [0.717, 1.165) is 55.2 Å². The Hall–Kier alpha value is -1.38. The fraction of sp³-hybridized carbons (Fsp3) is 0.760. The van der Waals surface area contributed by atoms with E-state index in [0.29, 0.717) is 25.1 Å². The standard InChI is InChI=1S/C25H37BrN2O5/c1-25(2,3)33-24(29)28-15-22(16-28)31-9-7-18-10-17(11-18)6-8-30-20-12-21(13-20)32-23-5-4-19(26)14-27-23/h4-5,14,17-18,20-22H,6-13,15-16H2,1-3H3. The van der Waals surface area contributed by atoms with E-state index in [-0.39, 0.29) is 18.3 Å². The first-order valence-corrected chi connectivity index (χ1v) is 13.0. The Morgan fingerprint density at radius 1 is 1.00 bits per heavy atom. The molecule has 0 N–H and O–H groups in total. The fourth-order valence-corrected chi connectivity index (χ4v) is 4.75. The van der Waals surface area contributed by atoms with Crippen LogP contribution in [0.2, 0.25) is 0 Å². The summed E-state index contributed by atoms with van der Waals surface area (Å²) in [6.07, 6.45) is 8.99. The van der Waals surface area contributed by atoms with Gasteiger partial charge < -0.3 is 23.8 Å². The first-order valence-electron chi connectivity index (χ1n) is 12.2. The molecule has 2 heterocycles. The van der Waals surface area contributed by atoms with E-state index in [4.69, 9.17) is 18.9 Å². The number of carbonyl (C=O) groups is 1. The molecule has 33 heavy (non-hydrogen) atoms. The van der Waals surface area contributed by atoms with E-state index in [1.807, 2.05) is 32.9 Å². The molecule has 3 aliphatic rings. The topological polar surface area (TPSA) is 70.1 Å². The second kappa shape index (κ2) is 10.9. The predicted octanol–water partition coefficient (Wildman–Crippen LogP) is 5.21. The van der Waals surface area contributed by atoms with Gasteiger partial charge in [0.05, 0.1) is 25.3 Å². The van der Waals surface area contributed by atoms with Gasteiger partial charge in [-0.2, -0.15) is 0 Å². The number of rotatable bonds is 10. The molecule has 1 aliphatic heterocycles. The van der Waals surface area contributed by atoms with E-state index in [9.17, 15) is 4.79 Å². The highest BCUT2D eigenvalue weighted by Gasteiger charge is 2.36. The SMILES string of the molecule is CC(C)(C)OC(=O)N1CC(OCCC2CC(CCOC3CC(Oc4ccc(Br)cn4)C3)C2)C1. The van der Waals surface area contributed by atoms with Gasteiger partial charge in [-0.05, 0) is 80.3 Å². The van der Waals surface area contributed by atoms with Gasteiger partial charge in [0, 0.05) is 42.8 Å². The van der Waals surface area contributed by atoms with Crippen molar-refractivity contribution >= 4 is 22.0 Å². The number of likely N-dealkylation sites (tertiary alicyclic amines) is 1. The Kier molecular flexibility index (Phi) is 8.18. The van der Waals surface area contributed by atoms with Gasteiger partial charge >= 0.3 is 6.09 Å². The molecule has 1 aromatic rings. The predicted molar refractivity (Wildman–Crippen MR) is 128 cm³/mol. The van der Waals surface area contributed by atoms with Crippen molar-refractivity contribution in [3.8, 4) is 5.88 Å². The van der Waals surface area contributed by atoms with Gasteiger partial charge in [0.25, 0.3) is 0 Å². The third kappa shape index (κ3) is 7.55. The smallest absolute Gasteiger partial charge is 0.410 e. The first-order chi connectivity index (χ1) is 15.7. The third-order valence-corrected chi connectivity index (χ3v) is 7.10. The number of carbonyl (C=O) groups excluding carboxylic acids is 1. The summed E-state index contributed by atoms with van der Waals surface area (Å²) in [4.78, 5) is 17.9. The molecule has 3 fully saturated rings. The third-order valence-electron chi connectivity index (χ3n) is 6.63. The summed E-state index contributed by atoms with van der Waals surface area (Å²) in [5.74, 6) is 2.25. The number of hydrogen-bond acceptors (Lipinski definition) is 6. The number of amides is 1. The van der Waals surface area contributed by atoms with Gasteiger partial charge in [-0.25, -0.2) is 9.78 Å². The van der Waals surface area contributed by atoms with Gasteiger partial charge in [0.1, 0.15) is 11.7 Å². The molecular formula is C25H37BrN2O5. The van der Waals surface area contributed by atoms with Crippen LogP contribution >= 0.6 is 15.9 Å². The van der Waals surface area contributed by atoms with Crippen molar-refractivity contribution in [2.75, 3.05) is 26.3 Å². The molecule has 184 valence electrons. The van der Waals surface area contributed by atoms with Gasteiger partial charge in [-0.15, -0.1) is 0 Å². The minimum absolute atomic E-state index is 0.164. The molecule has 1 aromatic heterocycles. The summed E-state index contributed by atoms with van der Waals surface area (Å²) in [6.45, 7) is 8.59. The molecule has 2 saturated carbocycles. The summed E-state index contributed by atoms with van der Waals surface area (Å²) in [5, 5.41) is 0. The molecule has 0 unspecified atom stereocenters. The lowest BCUT2D eigenvalue weighted by atomic mass is 9.72. The minimum Gasteiger partial charge on any atom is -0.474 e. The van der Waals surface area contributed by atoms with Crippen LogP contribution in [0.25, 0.3) is 0 Å². The Morgan fingerprint density at radius 3 is 2.21 bits per heavy atom. The number of pyridine rings is 1. The van der Waals surface area contributed by atoms with Crippen LogP contribution in [0.4, 0.5) is 4.79 Å². The van der Waals surface area contributed by atoms with Crippen LogP contribution < -0.4 is 4.74 Å². The lowest BCUT2D eigenvalue weighted by Gasteiger charge is -2.40. The molecule has 0 aromatic carbocycles. The van der Waals surface area contributed by atoms with Gasteiger partial charge in [-0.1, -0.05) is 0 Å². The van der Waals surface area contributed by atoms with Crippen molar-refractivity contribution in [2.45, 2.75) is 83.2 Å². The number of nitrogens with zero attached hydrogens (tertiary/aromatic N) is 2. The molecule has 0 bridgehead atoms. The molecule has 8 heteroatoms. The minimum atomic E-state index is -0.443. The number of hydrogen-bond donors (Lipinski definition) is 0. The summed E-state index contributed by atoms with van der Waals surface area (Å²) in [6, 6.07) is 3.84. The van der Waals surface area contributed by atoms with E-state index >= 15 is 0 Å². The molecular weight excluding hydrogens is 488 g/mol. The van der Waals surface area contributed by atoms with E-state index in [1.54, 1.807) is 11.1 Å². The zero-order valence-corrected chi connectivity index (χ0v) is 21.6. The second-order valence-electron chi connectivity index (χ2n) is 10.7. The van der Waals surface area contributed by atoms with Crippen LogP contribution in [0, 0.1) is 11.8 Å². The highest BCUT2D eigenvalue weighted by Crippen LogP contribution is 2.39. The molecule has 1 amide bonds. The summed E-state index contributed by atoms with van der Waals surface area (Å²) < 4.78 is 24.2. The van der Waals surface area contributed by atoms with Crippen LogP contribution in [-0.4, -0.2) is 66.2 Å². The lowest BCUT2D eigenvalue weighted by molar-refractivity contribution is -0.0740. The zero-order valence-electron chi connectivity index (χ0n) is 20.0. The van der Waals surface area contributed by atoms with Crippen molar-refractivity contribution in [1.82, 2.24) is 9.88 Å². The van der Waals surface area contributed by atoms with E-state index in [2.05, 4.69) is 20.9 Å². The molecule has 0 radical (unpaired) electrons. The lowest BCUT2D eigenvalue weighted by Crippen LogP contribution is -2.56. The Labute approximate surface area is 205 Å². The summed E-state index contributed by atoms with van der Waals surface area (Å²) in [5.41, 5.74) is -0.443. The van der Waals surface area contributed by atoms with Crippen molar-refractivity contribution < 1.29 is 23.7 Å². The van der Waals surface area contributed by atoms with Gasteiger partial charge in [-0.3, -0.25) is 0 Å². The summed E-state index contributed by atoms with van der Waals surface area (Å²) >= 11 is 3.38. The van der Waals surface area contributed by atoms with Crippen LogP contribution in [0.5, 0.6) is 5.88 Å². The van der Waals surface area contributed by atoms with Crippen molar-refractivity contribution in [1.29, 1.82) is 0 Å².